The van der Waals surface area contributed by atoms with Gasteiger partial charge >= 0.3 is 58.2 Å². The van der Waals surface area contributed by atoms with Gasteiger partial charge in [-0.1, -0.05) is 39.5 Å². The molecule has 12 heavy (non-hydrogen) atoms. The fourth-order valence-electron chi connectivity index (χ4n) is 2.07. The minimum absolute atomic E-state index is 0. The Kier molecular flexibility index (Phi) is 8.22. The SMILES string of the molecule is CC1C[CH-]CCC(C(C)C)C1.[Rb+]. The van der Waals surface area contributed by atoms with Gasteiger partial charge in [-0.3, -0.25) is 0 Å². The van der Waals surface area contributed by atoms with Crippen LogP contribution in [0.1, 0.15) is 46.5 Å². The van der Waals surface area contributed by atoms with Gasteiger partial charge in [0.2, 0.25) is 0 Å². The molecule has 0 aliphatic heterocycles. The molecule has 0 bridgehead atoms. The van der Waals surface area contributed by atoms with Crippen LogP contribution in [0.25, 0.3) is 0 Å². The summed E-state index contributed by atoms with van der Waals surface area (Å²) < 4.78 is 0. The fraction of sp³-hybridized carbons (Fsp3) is 0.909. The number of hydrogen-bond donors (Lipinski definition) is 0. The van der Waals surface area contributed by atoms with Crippen molar-refractivity contribution in [2.75, 3.05) is 0 Å². The Morgan fingerprint density at radius 1 is 1.33 bits per heavy atom. The van der Waals surface area contributed by atoms with Gasteiger partial charge < -0.3 is 6.42 Å². The van der Waals surface area contributed by atoms with Crippen molar-refractivity contribution in [1.82, 2.24) is 0 Å². The monoisotopic (exact) mass is 238 g/mol. The zero-order chi connectivity index (χ0) is 8.27. The first-order chi connectivity index (χ1) is 5.20. The molecular formula is C11H21Rb. The molecule has 0 N–H and O–H groups in total. The molecule has 1 rings (SSSR count). The number of rotatable bonds is 1. The van der Waals surface area contributed by atoms with Crippen LogP contribution in [0, 0.1) is 24.2 Å². The van der Waals surface area contributed by atoms with Crippen LogP contribution in [0.5, 0.6) is 0 Å². The maximum Gasteiger partial charge on any atom is 1.00 e. The summed E-state index contributed by atoms with van der Waals surface area (Å²) in [6.45, 7) is 7.11. The standard InChI is InChI=1S/C11H21.Rb/c1-9(2)11-7-5-4-6-10(3)8-11;/h4,9-11H,5-8H2,1-3H3;/q-1;+1. The van der Waals surface area contributed by atoms with Gasteiger partial charge in [0, 0.05) is 0 Å². The second kappa shape index (κ2) is 7.14. The summed E-state index contributed by atoms with van der Waals surface area (Å²) in [6, 6.07) is 0. The molecule has 66 valence electrons. The summed E-state index contributed by atoms with van der Waals surface area (Å²) in [5.74, 6) is 2.82. The van der Waals surface area contributed by atoms with Crippen LogP contribution in [0.15, 0.2) is 0 Å². The maximum absolute atomic E-state index is 2.48. The predicted molar refractivity (Wildman–Crippen MR) is 50.3 cm³/mol. The molecule has 0 aromatic heterocycles. The van der Waals surface area contributed by atoms with Gasteiger partial charge in [0.15, 0.2) is 0 Å². The third kappa shape index (κ3) is 4.88. The van der Waals surface area contributed by atoms with Gasteiger partial charge in [-0.05, 0) is 11.8 Å². The van der Waals surface area contributed by atoms with E-state index in [0.717, 1.165) is 17.8 Å². The Labute approximate surface area is 127 Å². The average molecular weight is 239 g/mol. The molecule has 0 radical (unpaired) electrons. The number of hydrogen-bond acceptors (Lipinski definition) is 0. The topological polar surface area (TPSA) is 0 Å². The summed E-state index contributed by atoms with van der Waals surface area (Å²) in [6.07, 6.45) is 8.07. The van der Waals surface area contributed by atoms with Crippen LogP contribution in [-0.4, -0.2) is 0 Å². The van der Waals surface area contributed by atoms with E-state index in [1.54, 1.807) is 0 Å². The van der Waals surface area contributed by atoms with Crippen molar-refractivity contribution < 1.29 is 58.2 Å². The van der Waals surface area contributed by atoms with Crippen LogP contribution in [-0.2, 0) is 0 Å². The fourth-order valence-corrected chi connectivity index (χ4v) is 2.07. The molecule has 1 saturated carbocycles. The molecule has 2 atom stereocenters. The van der Waals surface area contributed by atoms with Crippen molar-refractivity contribution in [3.8, 4) is 0 Å². The molecule has 0 amide bonds. The van der Waals surface area contributed by atoms with Crippen molar-refractivity contribution in [2.24, 2.45) is 17.8 Å². The smallest absolute Gasteiger partial charge is 0.328 e. The first-order valence-corrected chi connectivity index (χ1v) is 5.01. The van der Waals surface area contributed by atoms with Crippen LogP contribution in [0.2, 0.25) is 0 Å². The summed E-state index contributed by atoms with van der Waals surface area (Å²) in [7, 11) is 0. The average Bonchev–Trinajstić information content (AvgIpc) is 2.13. The van der Waals surface area contributed by atoms with E-state index in [2.05, 4.69) is 27.2 Å². The third-order valence-electron chi connectivity index (χ3n) is 2.96. The Hall–Kier alpha value is 1.81. The molecular weight excluding hydrogens is 218 g/mol. The van der Waals surface area contributed by atoms with E-state index in [1.807, 2.05) is 0 Å². The summed E-state index contributed by atoms with van der Waals surface area (Å²) in [4.78, 5) is 0. The molecule has 0 spiro atoms. The van der Waals surface area contributed by atoms with Gasteiger partial charge in [-0.2, -0.15) is 12.8 Å². The third-order valence-corrected chi connectivity index (χ3v) is 2.96. The first kappa shape index (κ1) is 13.8. The zero-order valence-electron chi connectivity index (χ0n) is 9.14. The van der Waals surface area contributed by atoms with Crippen LogP contribution >= 0.6 is 0 Å². The molecule has 1 heteroatoms. The van der Waals surface area contributed by atoms with Crippen LogP contribution < -0.4 is 58.2 Å². The Bertz CT molecular complexity index is 110. The van der Waals surface area contributed by atoms with Crippen molar-refractivity contribution >= 4 is 0 Å². The maximum atomic E-state index is 2.48. The molecule has 2 unspecified atom stereocenters. The van der Waals surface area contributed by atoms with Gasteiger partial charge in [0.05, 0.1) is 0 Å². The Balaban J connectivity index is 0.00000121. The molecule has 0 aromatic carbocycles. The van der Waals surface area contributed by atoms with Crippen molar-refractivity contribution in [3.63, 3.8) is 0 Å². The van der Waals surface area contributed by atoms with E-state index in [1.165, 1.54) is 25.7 Å². The van der Waals surface area contributed by atoms with Crippen LogP contribution in [0.4, 0.5) is 0 Å². The van der Waals surface area contributed by atoms with Crippen molar-refractivity contribution in [2.45, 2.75) is 46.5 Å². The molecule has 0 heterocycles. The van der Waals surface area contributed by atoms with Crippen molar-refractivity contribution in [3.05, 3.63) is 6.42 Å². The van der Waals surface area contributed by atoms with E-state index in [4.69, 9.17) is 0 Å². The molecule has 0 saturated heterocycles. The Morgan fingerprint density at radius 2 is 2.00 bits per heavy atom. The van der Waals surface area contributed by atoms with Gasteiger partial charge in [-0.25, -0.2) is 0 Å². The normalized spacial score (nSPS) is 31.0. The first-order valence-electron chi connectivity index (χ1n) is 5.01. The van der Waals surface area contributed by atoms with E-state index in [9.17, 15) is 0 Å². The van der Waals surface area contributed by atoms with Crippen molar-refractivity contribution in [1.29, 1.82) is 0 Å². The molecule has 1 fully saturated rings. The predicted octanol–water partition coefficient (Wildman–Crippen LogP) is 0.677. The quantitative estimate of drug-likeness (QED) is 0.466. The van der Waals surface area contributed by atoms with Gasteiger partial charge in [-0.15, -0.1) is 0 Å². The van der Waals surface area contributed by atoms with E-state index < -0.39 is 0 Å². The second-order valence-corrected chi connectivity index (χ2v) is 4.45. The van der Waals surface area contributed by atoms with E-state index in [-0.39, 0.29) is 58.2 Å². The largest absolute Gasteiger partial charge is 1.00 e. The van der Waals surface area contributed by atoms with E-state index >= 15 is 0 Å². The van der Waals surface area contributed by atoms with Gasteiger partial charge in [0.1, 0.15) is 0 Å². The minimum Gasteiger partial charge on any atom is -0.328 e. The summed E-state index contributed by atoms with van der Waals surface area (Å²) in [5.41, 5.74) is 0. The summed E-state index contributed by atoms with van der Waals surface area (Å²) >= 11 is 0. The molecule has 0 aromatic rings. The minimum atomic E-state index is 0. The molecule has 1 aliphatic carbocycles. The molecule has 1 aliphatic rings. The second-order valence-electron chi connectivity index (χ2n) is 4.45. The summed E-state index contributed by atoms with van der Waals surface area (Å²) in [5, 5.41) is 0. The zero-order valence-corrected chi connectivity index (χ0v) is 14.1. The van der Waals surface area contributed by atoms with E-state index in [0.29, 0.717) is 0 Å². The Morgan fingerprint density at radius 3 is 2.58 bits per heavy atom. The van der Waals surface area contributed by atoms with Gasteiger partial charge in [0.25, 0.3) is 0 Å². The molecule has 0 nitrogen and oxygen atoms in total. The van der Waals surface area contributed by atoms with Crippen LogP contribution in [0.3, 0.4) is 0 Å².